The summed E-state index contributed by atoms with van der Waals surface area (Å²) in [4.78, 5) is 12.0. The molecule has 0 aliphatic carbocycles. The molecule has 0 aliphatic rings. The topological polar surface area (TPSA) is 86.7 Å². The van der Waals surface area contributed by atoms with Crippen molar-refractivity contribution < 1.29 is 22.7 Å². The number of nitrogens with one attached hydrogen (secondary N) is 1. The van der Waals surface area contributed by atoms with Gasteiger partial charge in [0.05, 0.1) is 5.56 Å². The number of nitrogens with zero attached hydrogens (tertiary/aromatic N) is 1. The molecule has 21 heavy (non-hydrogen) atoms. The minimum Gasteiger partial charge on any atom is -0.478 e. The Morgan fingerprint density at radius 2 is 2.05 bits per heavy atom. The molecule has 9 heteroatoms. The second-order valence-corrected chi connectivity index (χ2v) is 7.45. The minimum absolute atomic E-state index is 0.168. The first kappa shape index (κ1) is 18.0. The Morgan fingerprint density at radius 3 is 2.52 bits per heavy atom. The van der Waals surface area contributed by atoms with Gasteiger partial charge in [-0.05, 0) is 33.2 Å². The molecular weight excluding hydrogens is 367 g/mol. The molecule has 0 bridgehead atoms. The van der Waals surface area contributed by atoms with Crippen molar-refractivity contribution in [1.82, 2.24) is 9.62 Å². The first-order valence-corrected chi connectivity index (χ1v) is 8.21. The Kier molecular flexibility index (Phi) is 5.85. The van der Waals surface area contributed by atoms with Crippen molar-refractivity contribution in [2.45, 2.75) is 17.9 Å². The fourth-order valence-corrected chi connectivity index (χ4v) is 3.80. The summed E-state index contributed by atoms with van der Waals surface area (Å²) in [6.07, 6.45) is 0. The standard InChI is InChI=1S/C12H16BrFN2O4S/c1-7(6-16(2)3)15-21(19,20)10-5-8(13)4-9(11(10)14)12(17)18/h4-5,7,15H,6H2,1-3H3,(H,17,18). The summed E-state index contributed by atoms with van der Waals surface area (Å²) in [6.45, 7) is 2.05. The van der Waals surface area contributed by atoms with Crippen LogP contribution in [0.4, 0.5) is 4.39 Å². The predicted molar refractivity (Wildman–Crippen MR) is 79.4 cm³/mol. The summed E-state index contributed by atoms with van der Waals surface area (Å²) < 4.78 is 40.9. The minimum atomic E-state index is -4.16. The summed E-state index contributed by atoms with van der Waals surface area (Å²) in [5, 5.41) is 8.90. The van der Waals surface area contributed by atoms with Gasteiger partial charge in [-0.3, -0.25) is 0 Å². The van der Waals surface area contributed by atoms with Crippen molar-refractivity contribution in [3.8, 4) is 0 Å². The highest BCUT2D eigenvalue weighted by Crippen LogP contribution is 2.24. The highest BCUT2D eigenvalue weighted by molar-refractivity contribution is 9.10. The molecule has 0 saturated carbocycles. The molecule has 6 nitrogen and oxygen atoms in total. The monoisotopic (exact) mass is 382 g/mol. The van der Waals surface area contributed by atoms with Crippen molar-refractivity contribution >= 4 is 31.9 Å². The van der Waals surface area contributed by atoms with Crippen molar-refractivity contribution in [3.05, 3.63) is 28.0 Å². The van der Waals surface area contributed by atoms with Crippen LogP contribution in [-0.4, -0.2) is 51.1 Å². The second-order valence-electron chi connectivity index (χ2n) is 4.86. The molecular formula is C12H16BrFN2O4S. The molecule has 0 amide bonds. The van der Waals surface area contributed by atoms with Crippen LogP contribution in [0.15, 0.2) is 21.5 Å². The van der Waals surface area contributed by atoms with E-state index in [4.69, 9.17) is 5.11 Å². The highest BCUT2D eigenvalue weighted by atomic mass is 79.9. The normalized spacial score (nSPS) is 13.4. The molecule has 1 aromatic rings. The molecule has 0 aliphatic heterocycles. The number of likely N-dealkylation sites (N-methyl/N-ethyl adjacent to an activating group) is 1. The lowest BCUT2D eigenvalue weighted by atomic mass is 10.2. The van der Waals surface area contributed by atoms with Gasteiger partial charge in [0.1, 0.15) is 4.90 Å². The van der Waals surface area contributed by atoms with Gasteiger partial charge in [-0.25, -0.2) is 22.3 Å². The molecule has 0 spiro atoms. The zero-order chi connectivity index (χ0) is 16.4. The van der Waals surface area contributed by atoms with Gasteiger partial charge in [-0.1, -0.05) is 15.9 Å². The third-order valence-corrected chi connectivity index (χ3v) is 4.57. The molecule has 1 aromatic carbocycles. The largest absolute Gasteiger partial charge is 0.478 e. The summed E-state index contributed by atoms with van der Waals surface area (Å²) in [5.41, 5.74) is -0.704. The van der Waals surface area contributed by atoms with E-state index in [0.29, 0.717) is 6.54 Å². The maximum Gasteiger partial charge on any atom is 0.338 e. The van der Waals surface area contributed by atoms with E-state index in [1.165, 1.54) is 0 Å². The van der Waals surface area contributed by atoms with E-state index >= 15 is 0 Å². The quantitative estimate of drug-likeness (QED) is 0.778. The van der Waals surface area contributed by atoms with Crippen LogP contribution in [0.5, 0.6) is 0 Å². The highest BCUT2D eigenvalue weighted by Gasteiger charge is 2.26. The van der Waals surface area contributed by atoms with Crippen LogP contribution in [0.25, 0.3) is 0 Å². The van der Waals surface area contributed by atoms with Gasteiger partial charge in [-0.15, -0.1) is 0 Å². The lowest BCUT2D eigenvalue weighted by Gasteiger charge is -2.18. The van der Waals surface area contributed by atoms with E-state index in [0.717, 1.165) is 12.1 Å². The number of carbonyl (C=O) groups is 1. The Bertz CT molecular complexity index is 649. The molecule has 118 valence electrons. The van der Waals surface area contributed by atoms with Crippen molar-refractivity contribution in [1.29, 1.82) is 0 Å². The van der Waals surface area contributed by atoms with Crippen molar-refractivity contribution in [2.24, 2.45) is 0 Å². The molecule has 1 rings (SSSR count). The molecule has 0 aromatic heterocycles. The Hall–Kier alpha value is -1.03. The van der Waals surface area contributed by atoms with Crippen molar-refractivity contribution in [2.75, 3.05) is 20.6 Å². The SMILES string of the molecule is CC(CN(C)C)NS(=O)(=O)c1cc(Br)cc(C(=O)O)c1F. The lowest BCUT2D eigenvalue weighted by Crippen LogP contribution is -2.39. The zero-order valence-electron chi connectivity index (χ0n) is 11.7. The first-order valence-electron chi connectivity index (χ1n) is 5.94. The number of aromatic carboxylic acids is 1. The maximum absolute atomic E-state index is 14.1. The van der Waals surface area contributed by atoms with E-state index in [2.05, 4.69) is 20.7 Å². The molecule has 0 saturated heterocycles. The van der Waals surface area contributed by atoms with E-state index in [-0.39, 0.29) is 4.47 Å². The van der Waals surface area contributed by atoms with Gasteiger partial charge < -0.3 is 10.0 Å². The number of halogens is 2. The number of carboxylic acid groups (broad SMARTS) is 1. The summed E-state index contributed by atoms with van der Waals surface area (Å²) in [7, 11) is -0.618. The average Bonchev–Trinajstić information content (AvgIpc) is 2.29. The molecule has 0 radical (unpaired) electrons. The lowest BCUT2D eigenvalue weighted by molar-refractivity contribution is 0.0691. The Labute approximate surface area is 131 Å². The second kappa shape index (κ2) is 6.82. The van der Waals surface area contributed by atoms with E-state index < -0.39 is 38.3 Å². The Balaban J connectivity index is 3.23. The predicted octanol–water partition coefficient (Wildman–Crippen LogP) is 1.51. The molecule has 0 fully saturated rings. The summed E-state index contributed by atoms with van der Waals surface area (Å²) >= 11 is 2.98. The van der Waals surface area contributed by atoms with Crippen LogP contribution in [0.2, 0.25) is 0 Å². The van der Waals surface area contributed by atoms with Gasteiger partial charge in [-0.2, -0.15) is 0 Å². The van der Waals surface area contributed by atoms with E-state index in [1.807, 2.05) is 0 Å². The van der Waals surface area contributed by atoms with Crippen LogP contribution in [-0.2, 0) is 10.0 Å². The Morgan fingerprint density at radius 1 is 1.48 bits per heavy atom. The molecule has 2 N–H and O–H groups in total. The van der Waals surface area contributed by atoms with E-state index in [1.54, 1.807) is 25.9 Å². The van der Waals surface area contributed by atoms with E-state index in [9.17, 15) is 17.6 Å². The van der Waals surface area contributed by atoms with Crippen LogP contribution < -0.4 is 4.72 Å². The third kappa shape index (κ3) is 4.73. The number of hydrogen-bond donors (Lipinski definition) is 2. The number of rotatable bonds is 6. The molecule has 1 atom stereocenters. The smallest absolute Gasteiger partial charge is 0.338 e. The maximum atomic E-state index is 14.1. The molecule has 0 heterocycles. The number of sulfonamides is 1. The van der Waals surface area contributed by atoms with Crippen LogP contribution in [0.3, 0.4) is 0 Å². The van der Waals surface area contributed by atoms with Gasteiger partial charge >= 0.3 is 5.97 Å². The fourth-order valence-electron chi connectivity index (χ4n) is 1.83. The van der Waals surface area contributed by atoms with Gasteiger partial charge in [0.2, 0.25) is 10.0 Å². The number of benzene rings is 1. The third-order valence-electron chi connectivity index (χ3n) is 2.52. The summed E-state index contributed by atoms with van der Waals surface area (Å²) in [6, 6.07) is 1.59. The van der Waals surface area contributed by atoms with Crippen LogP contribution in [0.1, 0.15) is 17.3 Å². The summed E-state index contributed by atoms with van der Waals surface area (Å²) in [5.74, 6) is -2.82. The fraction of sp³-hybridized carbons (Fsp3) is 0.417. The van der Waals surface area contributed by atoms with Crippen LogP contribution in [0, 0.1) is 5.82 Å². The van der Waals surface area contributed by atoms with Crippen molar-refractivity contribution in [3.63, 3.8) is 0 Å². The number of hydrogen-bond acceptors (Lipinski definition) is 4. The van der Waals surface area contributed by atoms with Gasteiger partial charge in [0.25, 0.3) is 0 Å². The van der Waals surface area contributed by atoms with Crippen LogP contribution >= 0.6 is 15.9 Å². The number of carboxylic acids is 1. The average molecular weight is 383 g/mol. The van der Waals surface area contributed by atoms with Gasteiger partial charge in [0, 0.05) is 17.1 Å². The first-order chi connectivity index (χ1) is 9.54. The molecule has 1 unspecified atom stereocenters. The van der Waals surface area contributed by atoms with Gasteiger partial charge in [0.15, 0.2) is 5.82 Å². The zero-order valence-corrected chi connectivity index (χ0v) is 14.1.